The Bertz CT molecular complexity index is 331. The Morgan fingerprint density at radius 2 is 1.00 bits per heavy atom. The third-order valence-electron chi connectivity index (χ3n) is 1.16. The summed E-state index contributed by atoms with van der Waals surface area (Å²) in [5.74, 6) is 2.83. The van der Waals surface area contributed by atoms with Crippen molar-refractivity contribution in [2.75, 3.05) is 11.5 Å². The number of aromatic nitrogens is 4. The van der Waals surface area contributed by atoms with Crippen molar-refractivity contribution in [1.82, 2.24) is 19.9 Å². The molecule has 0 saturated heterocycles. The molecule has 0 radical (unpaired) electrons. The Kier molecular flexibility index (Phi) is 8.14. The molecular formula is C9H12N6S. The van der Waals surface area contributed by atoms with Gasteiger partial charge < -0.3 is 11.5 Å². The first-order valence-electron chi connectivity index (χ1n) is 4.09. The van der Waals surface area contributed by atoms with E-state index in [0.29, 0.717) is 11.4 Å². The van der Waals surface area contributed by atoms with E-state index in [1.54, 1.807) is 24.8 Å². The molecule has 2 heterocycles. The van der Waals surface area contributed by atoms with E-state index in [1.807, 2.05) is 0 Å². The first-order chi connectivity index (χ1) is 7.79. The predicted molar refractivity (Wildman–Crippen MR) is 67.6 cm³/mol. The quantitative estimate of drug-likeness (QED) is 0.650. The van der Waals surface area contributed by atoms with Gasteiger partial charge in [-0.25, -0.2) is 19.9 Å². The summed E-state index contributed by atoms with van der Waals surface area (Å²) >= 11 is 3.83. The van der Waals surface area contributed by atoms with Gasteiger partial charge in [0, 0.05) is 0 Å². The maximum Gasteiger partial charge on any atom is 0.115 e. The minimum atomic E-state index is 0.600. The second kappa shape index (κ2) is 9.41. The van der Waals surface area contributed by atoms with Gasteiger partial charge in [0.1, 0.15) is 12.7 Å². The minimum Gasteiger partial charge on any atom is -0.396 e. The molecule has 0 spiro atoms. The molecule has 0 aromatic carbocycles. The summed E-state index contributed by atoms with van der Waals surface area (Å²) < 4.78 is 0. The largest absolute Gasteiger partial charge is 0.396 e. The van der Waals surface area contributed by atoms with E-state index in [9.17, 15) is 0 Å². The van der Waals surface area contributed by atoms with Crippen LogP contribution in [0.5, 0.6) is 0 Å². The van der Waals surface area contributed by atoms with E-state index in [0.717, 1.165) is 0 Å². The van der Waals surface area contributed by atoms with Crippen LogP contribution in [0.3, 0.4) is 0 Å². The van der Waals surface area contributed by atoms with Gasteiger partial charge in [0.25, 0.3) is 0 Å². The zero-order chi connectivity index (χ0) is 12.2. The molecular weight excluding hydrogens is 224 g/mol. The van der Waals surface area contributed by atoms with Crippen LogP contribution in [0.15, 0.2) is 37.4 Å². The number of nitrogen functional groups attached to an aromatic ring is 2. The summed E-state index contributed by atoms with van der Waals surface area (Å²) in [6.07, 6.45) is 9.08. The molecule has 4 N–H and O–H groups in total. The van der Waals surface area contributed by atoms with E-state index in [2.05, 4.69) is 38.0 Å². The number of nitrogens with zero attached hydrogens (tertiary/aromatic N) is 4. The van der Waals surface area contributed by atoms with Crippen molar-refractivity contribution < 1.29 is 0 Å². The van der Waals surface area contributed by atoms with Gasteiger partial charge in [-0.3, -0.25) is 0 Å². The van der Waals surface area contributed by atoms with Gasteiger partial charge in [-0.1, -0.05) is 12.2 Å². The van der Waals surface area contributed by atoms with Crippen LogP contribution < -0.4 is 11.5 Å². The lowest BCUT2D eigenvalue weighted by atomic mass is 10.6. The van der Waals surface area contributed by atoms with Crippen LogP contribution in [0.1, 0.15) is 0 Å². The number of hydrogen-bond donors (Lipinski definition) is 2. The molecule has 0 amide bonds. The monoisotopic (exact) mass is 236 g/mol. The molecule has 2 aromatic rings. The zero-order valence-corrected chi connectivity index (χ0v) is 9.34. The molecule has 2 aromatic heterocycles. The van der Waals surface area contributed by atoms with Gasteiger partial charge in [-0.05, 0) is 5.87 Å². The lowest BCUT2D eigenvalue weighted by Crippen LogP contribution is -1.85. The SMILES string of the molecule is C=S.Nc1cncnc1.Nc1cncnc1. The molecule has 0 unspecified atom stereocenters. The summed E-state index contributed by atoms with van der Waals surface area (Å²) in [6.45, 7) is 0. The van der Waals surface area contributed by atoms with Crippen LogP contribution in [0.25, 0.3) is 0 Å². The van der Waals surface area contributed by atoms with Gasteiger partial charge in [-0.2, -0.15) is 0 Å². The number of thiocarbonyl (C=S) groups is 1. The van der Waals surface area contributed by atoms with Gasteiger partial charge in [-0.15, -0.1) is 0 Å². The molecule has 0 aliphatic heterocycles. The normalized spacial score (nSPS) is 7.75. The highest BCUT2D eigenvalue weighted by Crippen LogP contribution is 1.88. The second-order valence-corrected chi connectivity index (χ2v) is 2.34. The van der Waals surface area contributed by atoms with Crippen molar-refractivity contribution in [3.63, 3.8) is 0 Å². The third-order valence-corrected chi connectivity index (χ3v) is 1.16. The van der Waals surface area contributed by atoms with Crippen molar-refractivity contribution in [3.8, 4) is 0 Å². The molecule has 84 valence electrons. The Morgan fingerprint density at radius 1 is 0.750 bits per heavy atom. The molecule has 0 aliphatic carbocycles. The minimum absolute atomic E-state index is 0.600. The number of hydrogen-bond acceptors (Lipinski definition) is 7. The molecule has 0 atom stereocenters. The van der Waals surface area contributed by atoms with Gasteiger partial charge in [0.05, 0.1) is 36.2 Å². The van der Waals surface area contributed by atoms with Crippen LogP contribution in [0.2, 0.25) is 0 Å². The topological polar surface area (TPSA) is 104 Å². The lowest BCUT2D eigenvalue weighted by Gasteiger charge is -1.82. The average molecular weight is 236 g/mol. The zero-order valence-electron chi connectivity index (χ0n) is 8.52. The Hall–Kier alpha value is -2.15. The standard InChI is InChI=1S/2C4H5N3.CH2S/c2*5-4-1-6-3-7-2-4;1-2/h2*1-3H,5H2;1H2. The van der Waals surface area contributed by atoms with E-state index in [-0.39, 0.29) is 0 Å². The number of nitrogens with two attached hydrogens (primary N) is 2. The molecule has 0 bridgehead atoms. The predicted octanol–water partition coefficient (Wildman–Crippen LogP) is 0.734. The summed E-state index contributed by atoms with van der Waals surface area (Å²) in [6, 6.07) is 0. The van der Waals surface area contributed by atoms with E-state index in [1.165, 1.54) is 12.7 Å². The van der Waals surface area contributed by atoms with Crippen molar-refractivity contribution in [1.29, 1.82) is 0 Å². The fourth-order valence-corrected chi connectivity index (χ4v) is 0.621. The molecule has 7 heteroatoms. The van der Waals surface area contributed by atoms with Crippen molar-refractivity contribution in [2.45, 2.75) is 0 Å². The van der Waals surface area contributed by atoms with Crippen molar-refractivity contribution >= 4 is 29.5 Å². The summed E-state index contributed by atoms with van der Waals surface area (Å²) in [4.78, 5) is 14.6. The van der Waals surface area contributed by atoms with Crippen LogP contribution in [-0.2, 0) is 0 Å². The number of anilines is 2. The maximum atomic E-state index is 5.23. The lowest BCUT2D eigenvalue weighted by molar-refractivity contribution is 1.17. The first-order valence-corrected chi connectivity index (χ1v) is 4.66. The molecule has 0 fully saturated rings. The summed E-state index contributed by atoms with van der Waals surface area (Å²) in [5, 5.41) is 0. The van der Waals surface area contributed by atoms with Crippen molar-refractivity contribution in [2.24, 2.45) is 0 Å². The van der Waals surface area contributed by atoms with Gasteiger partial charge in [0.15, 0.2) is 0 Å². The maximum absolute atomic E-state index is 5.23. The Morgan fingerprint density at radius 3 is 1.12 bits per heavy atom. The average Bonchev–Trinajstić information content (AvgIpc) is 2.34. The first kappa shape index (κ1) is 13.8. The van der Waals surface area contributed by atoms with Crippen LogP contribution in [0, 0.1) is 0 Å². The third kappa shape index (κ3) is 7.27. The number of rotatable bonds is 0. The van der Waals surface area contributed by atoms with Gasteiger partial charge >= 0.3 is 0 Å². The van der Waals surface area contributed by atoms with Crippen LogP contribution in [0.4, 0.5) is 11.4 Å². The fraction of sp³-hybridized carbons (Fsp3) is 0. The van der Waals surface area contributed by atoms with E-state index >= 15 is 0 Å². The fourth-order valence-electron chi connectivity index (χ4n) is 0.621. The smallest absolute Gasteiger partial charge is 0.115 e. The Balaban J connectivity index is 0.000000244. The highest BCUT2D eigenvalue weighted by atomic mass is 32.1. The molecule has 2 rings (SSSR count). The highest BCUT2D eigenvalue weighted by molar-refractivity contribution is 7.77. The van der Waals surface area contributed by atoms with Gasteiger partial charge in [0.2, 0.25) is 0 Å². The highest BCUT2D eigenvalue weighted by Gasteiger charge is 1.75. The molecule has 0 saturated carbocycles. The van der Waals surface area contributed by atoms with E-state index < -0.39 is 0 Å². The second-order valence-electron chi connectivity index (χ2n) is 2.34. The molecule has 16 heavy (non-hydrogen) atoms. The van der Waals surface area contributed by atoms with Crippen LogP contribution >= 0.6 is 12.2 Å². The summed E-state index contributed by atoms with van der Waals surface area (Å²) in [7, 11) is 0. The summed E-state index contributed by atoms with van der Waals surface area (Å²) in [5.41, 5.74) is 11.7. The van der Waals surface area contributed by atoms with Crippen molar-refractivity contribution in [3.05, 3.63) is 37.4 Å². The Labute approximate surface area is 98.8 Å². The molecule has 0 aliphatic rings. The molecule has 6 nitrogen and oxygen atoms in total. The van der Waals surface area contributed by atoms with Crippen LogP contribution in [-0.4, -0.2) is 25.8 Å². The van der Waals surface area contributed by atoms with E-state index in [4.69, 9.17) is 11.5 Å².